The number of benzene rings is 4. The Hall–Kier alpha value is -7.38. The van der Waals surface area contributed by atoms with Gasteiger partial charge >= 0.3 is 0 Å². The second-order valence-corrected chi connectivity index (χ2v) is 19.4. The summed E-state index contributed by atoms with van der Waals surface area (Å²) in [5, 5.41) is 5.88. The first kappa shape index (κ1) is 42.6. The normalized spacial score (nSPS) is 11.5. The number of carbonyl (C=O) groups excluding carboxylic acids is 3. The molecule has 324 valence electrons. The Bertz CT molecular complexity index is 3330. The molecule has 12 heteroatoms. The van der Waals surface area contributed by atoms with E-state index in [1.165, 1.54) is 0 Å². The van der Waals surface area contributed by atoms with Gasteiger partial charge in [0.25, 0.3) is 0 Å². The minimum atomic E-state index is -0.149. The van der Waals surface area contributed by atoms with Crippen LogP contribution in [0.3, 0.4) is 0 Å². The van der Waals surface area contributed by atoms with Gasteiger partial charge in [-0.1, -0.05) is 19.7 Å². The highest BCUT2D eigenvalue weighted by atomic mass is 32.1. The quantitative estimate of drug-likeness (QED) is 0.0926. The highest BCUT2D eigenvalue weighted by molar-refractivity contribution is 7.27. The summed E-state index contributed by atoms with van der Waals surface area (Å²) in [7, 11) is 0. The number of ether oxygens (including phenoxy) is 3. The smallest absolute Gasteiger partial charge is 0.195 e. The molecule has 0 amide bonds. The summed E-state index contributed by atoms with van der Waals surface area (Å²) in [4.78, 5) is 51.3. The van der Waals surface area contributed by atoms with E-state index in [0.29, 0.717) is 34.0 Å². The van der Waals surface area contributed by atoms with Gasteiger partial charge < -0.3 is 14.2 Å². The Morgan fingerprint density at radius 2 is 0.712 bits per heavy atom. The fourth-order valence-electron chi connectivity index (χ4n) is 7.80. The molecule has 0 spiro atoms. The van der Waals surface area contributed by atoms with Crippen LogP contribution in [0.1, 0.15) is 20.8 Å². The van der Waals surface area contributed by atoms with Crippen LogP contribution < -0.4 is 14.2 Å². The van der Waals surface area contributed by atoms with Gasteiger partial charge in [0, 0.05) is 114 Å². The van der Waals surface area contributed by atoms with Crippen molar-refractivity contribution in [1.82, 2.24) is 15.0 Å². The molecule has 0 saturated carbocycles. The van der Waals surface area contributed by atoms with Crippen LogP contribution in [0.4, 0.5) is 0 Å². The third kappa shape index (κ3) is 7.93. The van der Waals surface area contributed by atoms with Gasteiger partial charge in [-0.05, 0) is 127 Å². The van der Waals surface area contributed by atoms with E-state index in [-0.39, 0.29) is 37.2 Å². The maximum Gasteiger partial charge on any atom is 0.195 e. The molecule has 10 rings (SSSR count). The first-order valence-corrected chi connectivity index (χ1v) is 23.4. The van der Waals surface area contributed by atoms with Crippen molar-refractivity contribution in [3.8, 4) is 50.6 Å². The van der Waals surface area contributed by atoms with Crippen LogP contribution in [0.5, 0.6) is 17.2 Å². The zero-order chi connectivity index (χ0) is 45.8. The highest BCUT2D eigenvalue weighted by Crippen LogP contribution is 2.47. The Balaban J connectivity index is 1.14. The number of hydrogen-bond acceptors (Lipinski definition) is 12. The van der Waals surface area contributed by atoms with Crippen LogP contribution in [0.15, 0.2) is 146 Å². The summed E-state index contributed by atoms with van der Waals surface area (Å²) in [6.07, 6.45) is 11.4. The number of aromatic nitrogens is 3. The third-order valence-corrected chi connectivity index (χ3v) is 15.1. The number of carbonyl (C=O) groups is 3. The molecule has 4 aromatic carbocycles. The van der Waals surface area contributed by atoms with Gasteiger partial charge in [-0.3, -0.25) is 29.3 Å². The second kappa shape index (κ2) is 17.2. The van der Waals surface area contributed by atoms with E-state index in [2.05, 4.69) is 37.9 Å². The number of hydrogen-bond donors (Lipinski definition) is 0. The summed E-state index contributed by atoms with van der Waals surface area (Å²) in [6, 6.07) is 24.3. The molecular weight excluding hydrogens is 883 g/mol. The van der Waals surface area contributed by atoms with Crippen LogP contribution in [0.2, 0.25) is 0 Å². The Labute approximate surface area is 391 Å². The molecule has 0 N–H and O–H groups in total. The van der Waals surface area contributed by atoms with Crippen LogP contribution in [0, 0.1) is 0 Å². The molecule has 10 aromatic rings. The number of ketones is 3. The van der Waals surface area contributed by atoms with E-state index in [9.17, 15) is 14.4 Å². The molecular formula is C54H39N3O6S3. The van der Waals surface area contributed by atoms with Crippen molar-refractivity contribution in [1.29, 1.82) is 0 Å². The molecule has 0 unspecified atom stereocenters. The van der Waals surface area contributed by atoms with Gasteiger partial charge in [-0.2, -0.15) is 0 Å². The lowest BCUT2D eigenvalue weighted by atomic mass is 9.93. The standard InChI is InChI=1S/C54H39N3O6S3/c1-28(2)46(58)25-61-34-7-10-49-37(16-34)43-22-55-19-40(52(43)64-49)31-13-32(41-20-56-23-44-38-17-35(62-26-47(59)29(3)4)8-11-50(38)65-53(41)44)15-33(14-31)42-21-57-24-45-39-18-36(63-27-48(60)30(5)6)9-12-51(39)66-54(42)45/h7-24H,1,3,5,25-27H2,2,4,6H3. The maximum absolute atomic E-state index is 12.3. The molecule has 0 aliphatic heterocycles. The van der Waals surface area contributed by atoms with Crippen LogP contribution in [0.25, 0.3) is 93.9 Å². The highest BCUT2D eigenvalue weighted by Gasteiger charge is 2.20. The van der Waals surface area contributed by atoms with Crippen LogP contribution >= 0.6 is 34.0 Å². The summed E-state index contributed by atoms with van der Waals surface area (Å²) in [6.45, 7) is 16.1. The van der Waals surface area contributed by atoms with E-state index >= 15 is 0 Å². The number of thiophene rings is 3. The van der Waals surface area contributed by atoms with Gasteiger partial charge in [-0.25, -0.2) is 0 Å². The molecule has 0 atom stereocenters. The number of Topliss-reactive ketones (excluding diaryl/α,β-unsaturated/α-hetero) is 3. The third-order valence-electron chi connectivity index (χ3n) is 11.5. The summed E-state index contributed by atoms with van der Waals surface area (Å²) in [5.41, 5.74) is 7.11. The Morgan fingerprint density at radius 1 is 0.424 bits per heavy atom. The largest absolute Gasteiger partial charge is 0.485 e. The van der Waals surface area contributed by atoms with Crippen molar-refractivity contribution in [2.24, 2.45) is 0 Å². The van der Waals surface area contributed by atoms with E-state index in [0.717, 1.165) is 93.9 Å². The summed E-state index contributed by atoms with van der Waals surface area (Å²) >= 11 is 5.04. The molecule has 6 heterocycles. The molecule has 9 nitrogen and oxygen atoms in total. The SMILES string of the molecule is C=C(C)C(=O)COc1ccc2sc3c(-c4cc(-c5cncc6c5sc5ccc(OCC(=O)C(=C)C)cc56)cc(-c5cncc6c5sc5ccc(OCC(=O)C(=C)C)cc56)c4)cncc3c2c1. The van der Waals surface area contributed by atoms with Gasteiger partial charge in [0.2, 0.25) is 0 Å². The predicted octanol–water partition coefficient (Wildman–Crippen LogP) is 13.5. The zero-order valence-corrected chi connectivity index (χ0v) is 38.6. The second-order valence-electron chi connectivity index (χ2n) is 16.2. The fourth-order valence-corrected chi connectivity index (χ4v) is 11.4. The molecule has 6 aromatic heterocycles. The van der Waals surface area contributed by atoms with Crippen molar-refractivity contribution < 1.29 is 28.6 Å². The fraction of sp³-hybridized carbons (Fsp3) is 0.111. The van der Waals surface area contributed by atoms with Crippen molar-refractivity contribution in [2.75, 3.05) is 19.8 Å². The summed E-state index contributed by atoms with van der Waals surface area (Å²) in [5.74, 6) is 1.34. The van der Waals surface area contributed by atoms with Crippen LogP contribution in [-0.2, 0) is 14.4 Å². The average molecular weight is 922 g/mol. The Morgan fingerprint density at radius 3 is 0.985 bits per heavy atom. The molecule has 0 aliphatic rings. The van der Waals surface area contributed by atoms with Crippen LogP contribution in [-0.4, -0.2) is 52.1 Å². The lowest BCUT2D eigenvalue weighted by Crippen LogP contribution is -2.11. The van der Waals surface area contributed by atoms with Crippen molar-refractivity contribution in [2.45, 2.75) is 20.8 Å². The van der Waals surface area contributed by atoms with Crippen molar-refractivity contribution >= 4 is 112 Å². The number of pyridine rings is 3. The van der Waals surface area contributed by atoms with Gasteiger partial charge in [0.05, 0.1) is 0 Å². The first-order valence-electron chi connectivity index (χ1n) is 20.9. The Kier molecular flexibility index (Phi) is 11.1. The first-order chi connectivity index (χ1) is 31.9. The minimum absolute atomic E-state index is 0.0817. The monoisotopic (exact) mass is 921 g/mol. The topological polar surface area (TPSA) is 118 Å². The lowest BCUT2D eigenvalue weighted by Gasteiger charge is -2.13. The number of fused-ring (bicyclic) bond motifs is 9. The molecule has 0 radical (unpaired) electrons. The van der Waals surface area contributed by atoms with E-state index in [1.54, 1.807) is 54.8 Å². The molecule has 0 saturated heterocycles. The molecule has 0 fully saturated rings. The molecule has 0 aliphatic carbocycles. The zero-order valence-electron chi connectivity index (χ0n) is 36.2. The average Bonchev–Trinajstić information content (AvgIpc) is 4.02. The lowest BCUT2D eigenvalue weighted by molar-refractivity contribution is -0.118. The molecule has 66 heavy (non-hydrogen) atoms. The number of nitrogens with zero attached hydrogens (tertiary/aromatic N) is 3. The van der Waals surface area contributed by atoms with Gasteiger partial charge in [-0.15, -0.1) is 34.0 Å². The van der Waals surface area contributed by atoms with Gasteiger partial charge in [0.1, 0.15) is 17.2 Å². The maximum atomic E-state index is 12.3. The molecule has 0 bridgehead atoms. The van der Waals surface area contributed by atoms with E-state index in [4.69, 9.17) is 29.2 Å². The number of rotatable bonds is 15. The van der Waals surface area contributed by atoms with E-state index in [1.807, 2.05) is 91.8 Å². The van der Waals surface area contributed by atoms with Gasteiger partial charge in [0.15, 0.2) is 37.2 Å². The van der Waals surface area contributed by atoms with E-state index < -0.39 is 0 Å². The summed E-state index contributed by atoms with van der Waals surface area (Å²) < 4.78 is 24.1. The van der Waals surface area contributed by atoms with Crippen molar-refractivity contribution in [3.05, 3.63) is 146 Å². The predicted molar refractivity (Wildman–Crippen MR) is 271 cm³/mol. The van der Waals surface area contributed by atoms with Crippen molar-refractivity contribution in [3.63, 3.8) is 0 Å². The minimum Gasteiger partial charge on any atom is -0.485 e.